The number of carbonyl (C=O) groups excluding carboxylic acids is 1. The average Bonchev–Trinajstić information content (AvgIpc) is 3.02. The minimum atomic E-state index is -0.419. The van der Waals surface area contributed by atoms with E-state index in [1.165, 1.54) is 0 Å². The van der Waals surface area contributed by atoms with Gasteiger partial charge < -0.3 is 14.8 Å². The van der Waals surface area contributed by atoms with Crippen molar-refractivity contribution in [3.63, 3.8) is 0 Å². The quantitative estimate of drug-likeness (QED) is 0.598. The van der Waals surface area contributed by atoms with E-state index in [1.54, 1.807) is 23.6 Å². The molecule has 0 fully saturated rings. The van der Waals surface area contributed by atoms with Crippen molar-refractivity contribution in [1.29, 1.82) is 0 Å². The lowest BCUT2D eigenvalue weighted by molar-refractivity contribution is -0.143. The number of allylic oxidation sites excluding steroid dienone is 1. The van der Waals surface area contributed by atoms with Crippen LogP contribution < -0.4 is 10.1 Å². The number of carbonyl (C=O) groups is 1. The molecular weight excluding hydrogens is 364 g/mol. The lowest BCUT2D eigenvalue weighted by atomic mass is 9.95. The van der Waals surface area contributed by atoms with Crippen LogP contribution in [0.2, 0.25) is 0 Å². The lowest BCUT2D eigenvalue weighted by Crippen LogP contribution is -2.30. The van der Waals surface area contributed by atoms with Crippen LogP contribution in [0, 0.1) is 0 Å². The molecule has 0 saturated heterocycles. The fourth-order valence-electron chi connectivity index (χ4n) is 2.96. The molecule has 0 radical (unpaired) electrons. The van der Waals surface area contributed by atoms with Gasteiger partial charge in [-0.3, -0.25) is 0 Å². The second-order valence-corrected chi connectivity index (χ2v) is 7.62. The molecule has 1 aliphatic heterocycles. The van der Waals surface area contributed by atoms with Crippen LogP contribution in [-0.4, -0.2) is 39.7 Å². The minimum Gasteiger partial charge on any atom is -0.497 e. The normalized spacial score (nSPS) is 16.1. The van der Waals surface area contributed by atoms with Crippen LogP contribution >= 0.6 is 11.8 Å². The van der Waals surface area contributed by atoms with Gasteiger partial charge in [-0.2, -0.15) is 4.98 Å². The van der Waals surface area contributed by atoms with Crippen LogP contribution in [0.4, 0.5) is 5.95 Å². The number of esters is 1. The molecule has 0 saturated carbocycles. The molecule has 144 valence electrons. The van der Waals surface area contributed by atoms with Crippen molar-refractivity contribution >= 4 is 23.7 Å². The summed E-state index contributed by atoms with van der Waals surface area (Å²) in [6, 6.07) is 7.19. The van der Waals surface area contributed by atoms with Crippen molar-refractivity contribution in [1.82, 2.24) is 14.8 Å². The highest BCUT2D eigenvalue weighted by molar-refractivity contribution is 7.99. The standard InChI is InChI=1S/C19H24N4O3S/c1-6-27-19-21-18-20-12(4)15(17(24)26-11(2)3)16(23(18)22-19)13-7-9-14(25-5)10-8-13/h7-11,16H,6H2,1-5H3,(H,20,21,22). The van der Waals surface area contributed by atoms with Gasteiger partial charge in [-0.05, 0) is 44.2 Å². The largest absolute Gasteiger partial charge is 0.497 e. The van der Waals surface area contributed by atoms with Crippen molar-refractivity contribution < 1.29 is 14.3 Å². The van der Waals surface area contributed by atoms with Crippen molar-refractivity contribution in [3.05, 3.63) is 41.1 Å². The highest BCUT2D eigenvalue weighted by Crippen LogP contribution is 2.37. The average molecular weight is 388 g/mol. The predicted octanol–water partition coefficient (Wildman–Crippen LogP) is 3.64. The van der Waals surface area contributed by atoms with E-state index in [4.69, 9.17) is 9.47 Å². The van der Waals surface area contributed by atoms with E-state index in [2.05, 4.69) is 15.4 Å². The molecule has 8 heteroatoms. The molecule has 3 rings (SSSR count). The Morgan fingerprint density at radius 1 is 1.33 bits per heavy atom. The molecule has 1 N–H and O–H groups in total. The zero-order valence-electron chi connectivity index (χ0n) is 16.1. The van der Waals surface area contributed by atoms with Gasteiger partial charge in [0.05, 0.1) is 18.8 Å². The molecule has 7 nitrogen and oxygen atoms in total. The van der Waals surface area contributed by atoms with Gasteiger partial charge in [0.2, 0.25) is 11.1 Å². The van der Waals surface area contributed by atoms with Crippen molar-refractivity contribution in [2.24, 2.45) is 0 Å². The SMILES string of the molecule is CCSc1nc2n(n1)C(c1ccc(OC)cc1)C(C(=O)OC(C)C)=C(C)N2. The van der Waals surface area contributed by atoms with E-state index in [9.17, 15) is 4.79 Å². The molecule has 1 atom stereocenters. The first-order chi connectivity index (χ1) is 12.9. The summed E-state index contributed by atoms with van der Waals surface area (Å²) in [5, 5.41) is 8.49. The summed E-state index contributed by atoms with van der Waals surface area (Å²) in [7, 11) is 1.62. The van der Waals surface area contributed by atoms with Crippen LogP contribution in [0.25, 0.3) is 0 Å². The van der Waals surface area contributed by atoms with E-state index in [-0.39, 0.29) is 12.1 Å². The third-order valence-corrected chi connectivity index (χ3v) is 4.82. The Kier molecular flexibility index (Phi) is 5.74. The summed E-state index contributed by atoms with van der Waals surface area (Å²) in [6.45, 7) is 7.58. The van der Waals surface area contributed by atoms with Gasteiger partial charge in [0.1, 0.15) is 11.8 Å². The second kappa shape index (κ2) is 8.04. The number of fused-ring (bicyclic) bond motifs is 1. The summed E-state index contributed by atoms with van der Waals surface area (Å²) >= 11 is 1.56. The van der Waals surface area contributed by atoms with E-state index >= 15 is 0 Å². The van der Waals surface area contributed by atoms with Crippen LogP contribution in [0.3, 0.4) is 0 Å². The Balaban J connectivity index is 2.10. The van der Waals surface area contributed by atoms with Crippen LogP contribution in [0.1, 0.15) is 39.3 Å². The van der Waals surface area contributed by atoms with Crippen molar-refractivity contribution in [2.75, 3.05) is 18.2 Å². The Morgan fingerprint density at radius 3 is 2.63 bits per heavy atom. The maximum absolute atomic E-state index is 12.9. The fourth-order valence-corrected chi connectivity index (χ4v) is 3.51. The first-order valence-electron chi connectivity index (χ1n) is 8.86. The molecule has 1 unspecified atom stereocenters. The highest BCUT2D eigenvalue weighted by atomic mass is 32.2. The van der Waals surface area contributed by atoms with Gasteiger partial charge in [0, 0.05) is 5.70 Å². The molecule has 0 amide bonds. The first-order valence-corrected chi connectivity index (χ1v) is 9.85. The smallest absolute Gasteiger partial charge is 0.338 e. The van der Waals surface area contributed by atoms with E-state index < -0.39 is 6.04 Å². The number of nitrogens with one attached hydrogen (secondary N) is 1. The maximum Gasteiger partial charge on any atom is 0.338 e. The number of nitrogens with zero attached hydrogens (tertiary/aromatic N) is 3. The van der Waals surface area contributed by atoms with E-state index in [0.29, 0.717) is 16.7 Å². The number of aromatic nitrogens is 3. The summed E-state index contributed by atoms with van der Waals surface area (Å²) < 4.78 is 12.5. The van der Waals surface area contributed by atoms with Gasteiger partial charge >= 0.3 is 5.97 Å². The summed E-state index contributed by atoms with van der Waals surface area (Å²) in [6.07, 6.45) is -0.210. The predicted molar refractivity (Wildman–Crippen MR) is 105 cm³/mol. The number of hydrogen-bond donors (Lipinski definition) is 1. The third-order valence-electron chi connectivity index (χ3n) is 4.10. The monoisotopic (exact) mass is 388 g/mol. The third kappa shape index (κ3) is 3.95. The Morgan fingerprint density at radius 2 is 2.04 bits per heavy atom. The zero-order valence-corrected chi connectivity index (χ0v) is 17.0. The number of hydrogen-bond acceptors (Lipinski definition) is 7. The molecule has 0 aliphatic carbocycles. The van der Waals surface area contributed by atoms with Crippen molar-refractivity contribution in [2.45, 2.75) is 45.0 Å². The van der Waals surface area contributed by atoms with Gasteiger partial charge in [-0.25, -0.2) is 9.48 Å². The number of methoxy groups -OCH3 is 1. The lowest BCUT2D eigenvalue weighted by Gasteiger charge is -2.28. The van der Waals surface area contributed by atoms with Gasteiger partial charge in [0.25, 0.3) is 0 Å². The maximum atomic E-state index is 12.9. The van der Waals surface area contributed by atoms with Crippen LogP contribution in [-0.2, 0) is 9.53 Å². The van der Waals surface area contributed by atoms with Crippen LogP contribution in [0.15, 0.2) is 40.7 Å². The number of benzene rings is 1. The number of anilines is 1. The molecule has 1 aliphatic rings. The molecule has 1 aromatic heterocycles. The van der Waals surface area contributed by atoms with Gasteiger partial charge in [-0.1, -0.05) is 30.8 Å². The van der Waals surface area contributed by atoms with Gasteiger partial charge in [0.15, 0.2) is 0 Å². The number of thioether (sulfide) groups is 1. The Hall–Kier alpha value is -2.48. The molecule has 27 heavy (non-hydrogen) atoms. The number of rotatable bonds is 6. The zero-order chi connectivity index (χ0) is 19.6. The fraction of sp³-hybridized carbons (Fsp3) is 0.421. The van der Waals surface area contributed by atoms with Crippen LogP contribution in [0.5, 0.6) is 5.75 Å². The second-order valence-electron chi connectivity index (χ2n) is 6.39. The molecule has 2 aromatic rings. The summed E-state index contributed by atoms with van der Waals surface area (Å²) in [5.41, 5.74) is 2.15. The summed E-state index contributed by atoms with van der Waals surface area (Å²) in [5.74, 6) is 1.87. The Labute approximate surface area is 163 Å². The van der Waals surface area contributed by atoms with E-state index in [1.807, 2.05) is 52.0 Å². The first kappa shape index (κ1) is 19.3. The Bertz CT molecular complexity index is 858. The molecule has 0 spiro atoms. The molecule has 1 aromatic carbocycles. The molecule has 0 bridgehead atoms. The topological polar surface area (TPSA) is 78.3 Å². The number of ether oxygens (including phenoxy) is 2. The van der Waals surface area contributed by atoms with Gasteiger partial charge in [-0.15, -0.1) is 5.10 Å². The van der Waals surface area contributed by atoms with Crippen molar-refractivity contribution in [3.8, 4) is 5.75 Å². The summed E-state index contributed by atoms with van der Waals surface area (Å²) in [4.78, 5) is 17.4. The molecule has 2 heterocycles. The minimum absolute atomic E-state index is 0.210. The highest BCUT2D eigenvalue weighted by Gasteiger charge is 2.35. The van der Waals surface area contributed by atoms with E-state index in [0.717, 1.165) is 22.8 Å². The molecular formula is C19H24N4O3S.